The molecule has 15 heteroatoms. The second-order valence-corrected chi connectivity index (χ2v) is 10.7. The summed E-state index contributed by atoms with van der Waals surface area (Å²) in [6, 6.07) is 9.30. The molecule has 11 atom stereocenters. The fourth-order valence-electron chi connectivity index (χ4n) is 5.48. The van der Waals surface area contributed by atoms with E-state index in [0.717, 1.165) is 26.3 Å². The fourth-order valence-corrected chi connectivity index (χ4v) is 5.48. The van der Waals surface area contributed by atoms with Gasteiger partial charge in [-0.15, -0.1) is 6.58 Å². The van der Waals surface area contributed by atoms with Crippen LogP contribution in [0, 0.1) is 0 Å². The van der Waals surface area contributed by atoms with Gasteiger partial charge in [-0.2, -0.15) is 0 Å². The predicted octanol–water partition coefficient (Wildman–Crippen LogP) is 1.51. The topological polar surface area (TPSA) is 170 Å². The summed E-state index contributed by atoms with van der Waals surface area (Å²) in [5.74, 6) is -2.96. The highest BCUT2D eigenvalue weighted by Crippen LogP contribution is 2.39. The smallest absolute Gasteiger partial charge is 0.303 e. The first-order valence-electron chi connectivity index (χ1n) is 14.7. The van der Waals surface area contributed by atoms with Gasteiger partial charge in [0.1, 0.15) is 37.1 Å². The average Bonchev–Trinajstić information content (AvgIpc) is 3.01. The van der Waals surface area contributed by atoms with Gasteiger partial charge in [-0.25, -0.2) is 0 Å². The lowest BCUT2D eigenvalue weighted by Crippen LogP contribution is -2.67. The molecule has 0 radical (unpaired) electrons. The van der Waals surface area contributed by atoms with Gasteiger partial charge in [-0.3, -0.25) is 19.2 Å². The van der Waals surface area contributed by atoms with E-state index in [1.807, 2.05) is 30.3 Å². The third kappa shape index (κ3) is 8.88. The summed E-state index contributed by atoms with van der Waals surface area (Å²) in [5.41, 5.74) is 0.773. The molecule has 0 unspecified atom stereocenters. The van der Waals surface area contributed by atoms with Crippen molar-refractivity contribution < 1.29 is 71.3 Å². The van der Waals surface area contributed by atoms with Crippen LogP contribution in [0.1, 0.15) is 39.5 Å². The molecule has 0 spiro atoms. The first kappa shape index (κ1) is 35.4. The predicted molar refractivity (Wildman–Crippen MR) is 152 cm³/mol. The molecule has 0 aromatic heterocycles. The number of esters is 4. The molecule has 3 aliphatic rings. The second-order valence-electron chi connectivity index (χ2n) is 10.7. The monoisotopic (exact) mass is 652 g/mol. The number of ether oxygens (including phenoxy) is 11. The number of benzene rings is 1. The van der Waals surface area contributed by atoms with Gasteiger partial charge in [0, 0.05) is 40.4 Å². The van der Waals surface area contributed by atoms with Gasteiger partial charge in [-0.05, 0) is 0 Å². The van der Waals surface area contributed by atoms with Crippen LogP contribution in [0.5, 0.6) is 0 Å². The normalized spacial score (nSPS) is 34.0. The highest BCUT2D eigenvalue weighted by Gasteiger charge is 2.57. The van der Waals surface area contributed by atoms with Crippen molar-refractivity contribution in [1.29, 1.82) is 0 Å². The quantitative estimate of drug-likeness (QED) is 0.181. The molecule has 3 aliphatic heterocycles. The van der Waals surface area contributed by atoms with Crippen molar-refractivity contribution in [2.45, 2.75) is 95.4 Å². The molecule has 0 N–H and O–H groups in total. The Morgan fingerprint density at radius 2 is 1.46 bits per heavy atom. The molecule has 15 nitrogen and oxygen atoms in total. The Morgan fingerprint density at radius 3 is 2.07 bits per heavy atom. The third-order valence-corrected chi connectivity index (χ3v) is 7.23. The van der Waals surface area contributed by atoms with Crippen LogP contribution in [0.3, 0.4) is 0 Å². The molecule has 0 saturated carbocycles. The largest absolute Gasteiger partial charge is 0.463 e. The Morgan fingerprint density at radius 1 is 0.804 bits per heavy atom. The zero-order valence-corrected chi connectivity index (χ0v) is 26.3. The summed E-state index contributed by atoms with van der Waals surface area (Å²) < 4.78 is 64.6. The van der Waals surface area contributed by atoms with Gasteiger partial charge in [0.05, 0.1) is 13.2 Å². The summed E-state index contributed by atoms with van der Waals surface area (Å²) in [6.45, 7) is 8.12. The van der Waals surface area contributed by atoms with Gasteiger partial charge in [0.25, 0.3) is 0 Å². The summed E-state index contributed by atoms with van der Waals surface area (Å²) in [6.07, 6.45) is -10.6. The van der Waals surface area contributed by atoms with Crippen molar-refractivity contribution in [3.8, 4) is 0 Å². The Labute approximate surface area is 266 Å². The Hall–Kier alpha value is -3.44. The number of fused-ring (bicyclic) bond motifs is 1. The van der Waals surface area contributed by atoms with Gasteiger partial charge >= 0.3 is 23.9 Å². The molecule has 46 heavy (non-hydrogen) atoms. The van der Waals surface area contributed by atoms with E-state index in [0.29, 0.717) is 0 Å². The van der Waals surface area contributed by atoms with Crippen LogP contribution < -0.4 is 0 Å². The number of carbonyl (C=O) groups is 4. The van der Waals surface area contributed by atoms with Crippen LogP contribution in [-0.4, -0.2) is 112 Å². The zero-order chi connectivity index (χ0) is 33.4. The highest BCUT2D eigenvalue weighted by molar-refractivity contribution is 5.68. The molecule has 3 fully saturated rings. The summed E-state index contributed by atoms with van der Waals surface area (Å²) in [7, 11) is 1.40. The number of hydrogen-bond acceptors (Lipinski definition) is 15. The molecular formula is C31H40O15. The lowest BCUT2D eigenvalue weighted by Gasteiger charge is -2.50. The first-order chi connectivity index (χ1) is 22.0. The van der Waals surface area contributed by atoms with Crippen molar-refractivity contribution in [3.05, 3.63) is 48.6 Å². The van der Waals surface area contributed by atoms with Gasteiger partial charge < -0.3 is 52.1 Å². The molecule has 1 aromatic carbocycles. The first-order valence-corrected chi connectivity index (χ1v) is 14.7. The number of rotatable bonds is 12. The number of carbonyl (C=O) groups excluding carboxylic acids is 4. The van der Waals surface area contributed by atoms with Crippen LogP contribution in [0.4, 0.5) is 0 Å². The van der Waals surface area contributed by atoms with E-state index in [1.54, 1.807) is 6.08 Å². The van der Waals surface area contributed by atoms with Crippen molar-refractivity contribution in [2.75, 3.05) is 26.9 Å². The maximum atomic E-state index is 12.3. The Kier molecular flexibility index (Phi) is 12.6. The minimum atomic E-state index is -1.51. The molecule has 0 bridgehead atoms. The van der Waals surface area contributed by atoms with Gasteiger partial charge in [0.2, 0.25) is 0 Å². The van der Waals surface area contributed by atoms with E-state index in [1.165, 1.54) is 14.0 Å². The molecule has 4 rings (SSSR count). The van der Waals surface area contributed by atoms with Crippen LogP contribution in [0.15, 0.2) is 43.0 Å². The molecule has 0 amide bonds. The number of methoxy groups -OCH3 is 1. The van der Waals surface area contributed by atoms with Crippen molar-refractivity contribution >= 4 is 23.9 Å². The van der Waals surface area contributed by atoms with Crippen LogP contribution in [0.25, 0.3) is 0 Å². The summed E-state index contributed by atoms with van der Waals surface area (Å²) in [4.78, 5) is 48.4. The zero-order valence-electron chi connectivity index (χ0n) is 26.3. The SMILES string of the molecule is C=CCO[C@@H]1[C@H](O[C@@H]2O[C@@H](COC(C)=O)[C@H](OC(C)=O)[C@@H](OC(C)=O)[C@H]2OC(C)=O)[C@@H](OC)O[C@@H]2CO[C@@H](c3ccccc3)O[C@@H]12. The second kappa shape index (κ2) is 16.4. The maximum Gasteiger partial charge on any atom is 0.303 e. The minimum Gasteiger partial charge on any atom is -0.463 e. The standard InChI is InChI=1S/C31H40O15/c1-7-13-37-25-23-22(15-39-29(45-23)20-11-9-8-10-12-20)43-30(36-6)27(25)46-31-28(42-19(5)35)26(41-18(4)34)24(40-17(3)33)21(44-31)14-38-16(2)32/h7-12,21-31H,1,13-15H2,2-6H3/t21-,22+,23+,24-,25-,26+,27-,28+,29+,30-,31-/m0/s1. The third-order valence-electron chi connectivity index (χ3n) is 7.23. The Balaban J connectivity index is 1.70. The van der Waals surface area contributed by atoms with Crippen LogP contribution >= 0.6 is 0 Å². The molecular weight excluding hydrogens is 612 g/mol. The molecule has 1 aromatic rings. The van der Waals surface area contributed by atoms with Crippen molar-refractivity contribution in [2.24, 2.45) is 0 Å². The molecule has 254 valence electrons. The van der Waals surface area contributed by atoms with E-state index in [4.69, 9.17) is 52.1 Å². The van der Waals surface area contributed by atoms with Gasteiger partial charge in [-0.1, -0.05) is 36.4 Å². The van der Waals surface area contributed by atoms with E-state index >= 15 is 0 Å². The van der Waals surface area contributed by atoms with E-state index in [-0.39, 0.29) is 13.2 Å². The maximum absolute atomic E-state index is 12.3. The van der Waals surface area contributed by atoms with E-state index < -0.39 is 98.2 Å². The Bertz CT molecular complexity index is 1210. The lowest BCUT2D eigenvalue weighted by molar-refractivity contribution is -0.393. The minimum absolute atomic E-state index is 0.0863. The van der Waals surface area contributed by atoms with Crippen molar-refractivity contribution in [3.63, 3.8) is 0 Å². The lowest BCUT2D eigenvalue weighted by atomic mass is 9.95. The number of hydrogen-bond donors (Lipinski definition) is 0. The highest BCUT2D eigenvalue weighted by atomic mass is 16.8. The van der Waals surface area contributed by atoms with Gasteiger partial charge in [0.15, 0.2) is 37.2 Å². The molecule has 3 saturated heterocycles. The van der Waals surface area contributed by atoms with Crippen LogP contribution in [-0.2, 0) is 71.3 Å². The van der Waals surface area contributed by atoms with Crippen LogP contribution in [0.2, 0.25) is 0 Å². The fraction of sp³-hybridized carbons (Fsp3) is 0.613. The summed E-state index contributed by atoms with van der Waals surface area (Å²) >= 11 is 0. The summed E-state index contributed by atoms with van der Waals surface area (Å²) in [5, 5.41) is 0. The van der Waals surface area contributed by atoms with E-state index in [9.17, 15) is 19.2 Å². The average molecular weight is 653 g/mol. The van der Waals surface area contributed by atoms with E-state index in [2.05, 4.69) is 6.58 Å². The van der Waals surface area contributed by atoms with Crippen molar-refractivity contribution in [1.82, 2.24) is 0 Å². The molecule has 0 aliphatic carbocycles. The molecule has 3 heterocycles.